The van der Waals surface area contributed by atoms with Crippen molar-refractivity contribution in [2.45, 2.75) is 32.9 Å². The fourth-order valence-corrected chi connectivity index (χ4v) is 2.05. The molecule has 0 fully saturated rings. The zero-order chi connectivity index (χ0) is 13.8. The standard InChI is InChI=1S/C15H21N3O/c1-11(2)18-10-13(9-16-18)17-12(3)14-7-5-6-8-15(14)19-4/h5-12,17H,1-4H3. The molecule has 0 saturated carbocycles. The van der Waals surface area contributed by atoms with Crippen molar-refractivity contribution in [2.24, 2.45) is 0 Å². The summed E-state index contributed by atoms with van der Waals surface area (Å²) in [5.74, 6) is 0.902. The molecule has 4 heteroatoms. The maximum Gasteiger partial charge on any atom is 0.124 e. The first kappa shape index (κ1) is 13.5. The number of para-hydroxylation sites is 1. The minimum absolute atomic E-state index is 0.168. The van der Waals surface area contributed by atoms with Gasteiger partial charge in [-0.2, -0.15) is 5.10 Å². The number of nitrogens with zero attached hydrogens (tertiary/aromatic N) is 2. The van der Waals surface area contributed by atoms with E-state index in [0.29, 0.717) is 6.04 Å². The molecular weight excluding hydrogens is 238 g/mol. The third-order valence-corrected chi connectivity index (χ3v) is 3.12. The summed E-state index contributed by atoms with van der Waals surface area (Å²) < 4.78 is 7.33. The first-order chi connectivity index (χ1) is 9.11. The second-order valence-electron chi connectivity index (χ2n) is 4.91. The highest BCUT2D eigenvalue weighted by Gasteiger charge is 2.11. The van der Waals surface area contributed by atoms with Gasteiger partial charge < -0.3 is 10.1 Å². The molecule has 1 aromatic carbocycles. The van der Waals surface area contributed by atoms with E-state index < -0.39 is 0 Å². The van der Waals surface area contributed by atoms with Gasteiger partial charge in [-0.05, 0) is 26.8 Å². The van der Waals surface area contributed by atoms with Gasteiger partial charge in [-0.1, -0.05) is 18.2 Å². The molecule has 0 aliphatic heterocycles. The predicted octanol–water partition coefficient (Wildman–Crippen LogP) is 3.65. The SMILES string of the molecule is COc1ccccc1C(C)Nc1cnn(C(C)C)c1. The smallest absolute Gasteiger partial charge is 0.124 e. The molecule has 102 valence electrons. The van der Waals surface area contributed by atoms with Crippen LogP contribution in [-0.2, 0) is 0 Å². The van der Waals surface area contributed by atoms with Gasteiger partial charge in [0.2, 0.25) is 0 Å². The number of nitrogens with one attached hydrogen (secondary N) is 1. The second kappa shape index (κ2) is 5.78. The van der Waals surface area contributed by atoms with Crippen molar-refractivity contribution in [3.05, 3.63) is 42.2 Å². The van der Waals surface area contributed by atoms with E-state index >= 15 is 0 Å². The number of aromatic nitrogens is 2. The average molecular weight is 259 g/mol. The Morgan fingerprint density at radius 3 is 2.58 bits per heavy atom. The molecule has 1 unspecified atom stereocenters. The molecule has 1 N–H and O–H groups in total. The summed E-state index contributed by atoms with van der Waals surface area (Å²) in [6.45, 7) is 6.34. The van der Waals surface area contributed by atoms with Gasteiger partial charge in [0.05, 0.1) is 25.0 Å². The summed E-state index contributed by atoms with van der Waals surface area (Å²) >= 11 is 0. The Balaban J connectivity index is 2.13. The molecule has 0 spiro atoms. The summed E-state index contributed by atoms with van der Waals surface area (Å²) in [6.07, 6.45) is 3.88. The Kier molecular flexibility index (Phi) is 4.10. The largest absolute Gasteiger partial charge is 0.496 e. The highest BCUT2D eigenvalue weighted by molar-refractivity contribution is 5.45. The molecule has 1 heterocycles. The van der Waals surface area contributed by atoms with E-state index in [1.165, 1.54) is 0 Å². The topological polar surface area (TPSA) is 39.1 Å². The quantitative estimate of drug-likeness (QED) is 0.891. The van der Waals surface area contributed by atoms with Crippen LogP contribution >= 0.6 is 0 Å². The van der Waals surface area contributed by atoms with Crippen LogP contribution in [0.5, 0.6) is 5.75 Å². The lowest BCUT2D eigenvalue weighted by Gasteiger charge is -2.17. The van der Waals surface area contributed by atoms with Gasteiger partial charge in [-0.25, -0.2) is 0 Å². The number of hydrogen-bond donors (Lipinski definition) is 1. The van der Waals surface area contributed by atoms with E-state index in [2.05, 4.69) is 37.3 Å². The van der Waals surface area contributed by atoms with E-state index in [-0.39, 0.29) is 6.04 Å². The van der Waals surface area contributed by atoms with Gasteiger partial charge in [0.15, 0.2) is 0 Å². The van der Waals surface area contributed by atoms with Crippen molar-refractivity contribution >= 4 is 5.69 Å². The molecule has 1 aromatic heterocycles. The van der Waals surface area contributed by atoms with Crippen LogP contribution in [0.2, 0.25) is 0 Å². The number of anilines is 1. The van der Waals surface area contributed by atoms with Crippen LogP contribution in [0.4, 0.5) is 5.69 Å². The van der Waals surface area contributed by atoms with E-state index in [0.717, 1.165) is 17.0 Å². The molecule has 0 aliphatic rings. The molecule has 2 rings (SSSR count). The number of methoxy groups -OCH3 is 1. The average Bonchev–Trinajstić information content (AvgIpc) is 2.87. The molecule has 1 atom stereocenters. The summed E-state index contributed by atoms with van der Waals surface area (Å²) in [4.78, 5) is 0. The van der Waals surface area contributed by atoms with Crippen LogP contribution in [0.3, 0.4) is 0 Å². The molecule has 0 aliphatic carbocycles. The Hall–Kier alpha value is -1.97. The Bertz CT molecular complexity index is 534. The first-order valence-electron chi connectivity index (χ1n) is 6.55. The van der Waals surface area contributed by atoms with Gasteiger partial charge in [0, 0.05) is 17.8 Å². The number of benzene rings is 1. The zero-order valence-corrected chi connectivity index (χ0v) is 11.9. The normalized spacial score (nSPS) is 12.5. The number of ether oxygens (including phenoxy) is 1. The van der Waals surface area contributed by atoms with Crippen molar-refractivity contribution in [3.8, 4) is 5.75 Å². The lowest BCUT2D eigenvalue weighted by atomic mass is 10.1. The zero-order valence-electron chi connectivity index (χ0n) is 11.9. The summed E-state index contributed by atoms with van der Waals surface area (Å²) in [5, 5.41) is 7.77. The van der Waals surface area contributed by atoms with Crippen molar-refractivity contribution < 1.29 is 4.74 Å². The Morgan fingerprint density at radius 1 is 1.21 bits per heavy atom. The molecule has 0 saturated heterocycles. The monoisotopic (exact) mass is 259 g/mol. The van der Waals surface area contributed by atoms with Gasteiger partial charge in [-0.15, -0.1) is 0 Å². The van der Waals surface area contributed by atoms with Crippen molar-refractivity contribution in [2.75, 3.05) is 12.4 Å². The van der Waals surface area contributed by atoms with Crippen molar-refractivity contribution in [1.29, 1.82) is 0 Å². The fraction of sp³-hybridized carbons (Fsp3) is 0.400. The maximum atomic E-state index is 5.39. The van der Waals surface area contributed by atoms with Gasteiger partial charge >= 0.3 is 0 Å². The molecule has 0 radical (unpaired) electrons. The fourth-order valence-electron chi connectivity index (χ4n) is 2.05. The maximum absolute atomic E-state index is 5.39. The van der Waals surface area contributed by atoms with Gasteiger partial charge in [0.25, 0.3) is 0 Å². The minimum Gasteiger partial charge on any atom is -0.496 e. The lowest BCUT2D eigenvalue weighted by molar-refractivity contribution is 0.408. The second-order valence-corrected chi connectivity index (χ2v) is 4.91. The molecular formula is C15H21N3O. The highest BCUT2D eigenvalue weighted by atomic mass is 16.5. The van der Waals surface area contributed by atoms with Gasteiger partial charge in [-0.3, -0.25) is 4.68 Å². The lowest BCUT2D eigenvalue weighted by Crippen LogP contribution is -2.07. The third kappa shape index (κ3) is 3.08. The summed E-state index contributed by atoms with van der Waals surface area (Å²) in [7, 11) is 1.70. The summed E-state index contributed by atoms with van der Waals surface area (Å²) in [6, 6.07) is 8.59. The van der Waals surface area contributed by atoms with E-state index in [1.54, 1.807) is 7.11 Å². The Morgan fingerprint density at radius 2 is 1.95 bits per heavy atom. The van der Waals surface area contributed by atoms with Crippen molar-refractivity contribution in [1.82, 2.24) is 9.78 Å². The van der Waals surface area contributed by atoms with Crippen LogP contribution in [0.15, 0.2) is 36.7 Å². The predicted molar refractivity (Wildman–Crippen MR) is 77.6 cm³/mol. The van der Waals surface area contributed by atoms with Crippen LogP contribution < -0.4 is 10.1 Å². The molecule has 4 nitrogen and oxygen atoms in total. The Labute approximate surface area is 114 Å². The molecule has 2 aromatic rings. The van der Waals surface area contributed by atoms with E-state index in [9.17, 15) is 0 Å². The minimum atomic E-state index is 0.168. The number of rotatable bonds is 5. The number of hydrogen-bond acceptors (Lipinski definition) is 3. The van der Waals surface area contributed by atoms with Crippen molar-refractivity contribution in [3.63, 3.8) is 0 Å². The van der Waals surface area contributed by atoms with Crippen LogP contribution in [0.1, 0.15) is 38.4 Å². The van der Waals surface area contributed by atoms with Gasteiger partial charge in [0.1, 0.15) is 5.75 Å². The van der Waals surface area contributed by atoms with Crippen LogP contribution in [0, 0.1) is 0 Å². The summed E-state index contributed by atoms with van der Waals surface area (Å²) in [5.41, 5.74) is 2.16. The molecule has 19 heavy (non-hydrogen) atoms. The third-order valence-electron chi connectivity index (χ3n) is 3.12. The highest BCUT2D eigenvalue weighted by Crippen LogP contribution is 2.27. The van der Waals surface area contributed by atoms with Crippen LogP contribution in [-0.4, -0.2) is 16.9 Å². The first-order valence-corrected chi connectivity index (χ1v) is 6.55. The molecule has 0 amide bonds. The van der Waals surface area contributed by atoms with E-state index in [4.69, 9.17) is 4.74 Å². The van der Waals surface area contributed by atoms with E-state index in [1.807, 2.05) is 35.3 Å². The van der Waals surface area contributed by atoms with Crippen LogP contribution in [0.25, 0.3) is 0 Å². The molecule has 0 bridgehead atoms.